The molecule has 1 heterocycles. The van der Waals surface area contributed by atoms with E-state index in [1.165, 1.54) is 21.3 Å². The molecule has 8 heteroatoms. The number of nitrogens with one attached hydrogen (secondary N) is 1. The molecule has 0 atom stereocenters. The number of hydrogen-bond acceptors (Lipinski definition) is 6. The number of ether oxygens (including phenoxy) is 5. The Morgan fingerprint density at radius 3 is 2.36 bits per heavy atom. The van der Waals surface area contributed by atoms with Crippen LogP contribution in [-0.2, 0) is 6.42 Å². The number of amides is 1. The molecule has 0 fully saturated rings. The standard InChI is InChI=1S/C20H22ClNO6/c1-24-15-10-13(11-16(25-2)19(15)26-3)20(23)22-5-4-12-8-14(21)18-17(9-12)27-6-7-28-18/h8-11H,4-7H2,1-3H3,(H,22,23). The second kappa shape index (κ2) is 8.93. The molecule has 2 aromatic carbocycles. The summed E-state index contributed by atoms with van der Waals surface area (Å²) < 4.78 is 26.9. The molecule has 0 spiro atoms. The van der Waals surface area contributed by atoms with Crippen LogP contribution in [0.3, 0.4) is 0 Å². The molecular formula is C20H22ClNO6. The zero-order chi connectivity index (χ0) is 20.1. The number of halogens is 1. The van der Waals surface area contributed by atoms with Gasteiger partial charge in [-0.25, -0.2) is 0 Å². The van der Waals surface area contributed by atoms with Gasteiger partial charge in [-0.2, -0.15) is 0 Å². The van der Waals surface area contributed by atoms with Crippen molar-refractivity contribution in [3.8, 4) is 28.7 Å². The van der Waals surface area contributed by atoms with E-state index in [1.54, 1.807) is 12.1 Å². The van der Waals surface area contributed by atoms with E-state index >= 15 is 0 Å². The SMILES string of the molecule is COc1cc(C(=O)NCCc2cc(Cl)c3c(c2)OCCO3)cc(OC)c1OC. The molecule has 0 bridgehead atoms. The molecule has 1 aliphatic rings. The van der Waals surface area contributed by atoms with E-state index < -0.39 is 0 Å². The molecule has 3 rings (SSSR count). The Hall–Kier alpha value is -2.80. The predicted molar refractivity (Wildman–Crippen MR) is 105 cm³/mol. The van der Waals surface area contributed by atoms with Crippen LogP contribution in [0.25, 0.3) is 0 Å². The largest absolute Gasteiger partial charge is 0.493 e. The van der Waals surface area contributed by atoms with Gasteiger partial charge in [0.25, 0.3) is 5.91 Å². The lowest BCUT2D eigenvalue weighted by atomic mass is 10.1. The molecule has 0 unspecified atom stereocenters. The number of fused-ring (bicyclic) bond motifs is 1. The molecule has 7 nitrogen and oxygen atoms in total. The van der Waals surface area contributed by atoms with Crippen LogP contribution in [-0.4, -0.2) is 47.0 Å². The van der Waals surface area contributed by atoms with Gasteiger partial charge in [-0.1, -0.05) is 11.6 Å². The summed E-state index contributed by atoms with van der Waals surface area (Å²) in [5.74, 6) is 2.23. The van der Waals surface area contributed by atoms with Crippen LogP contribution in [0.4, 0.5) is 0 Å². The van der Waals surface area contributed by atoms with Crippen molar-refractivity contribution < 1.29 is 28.5 Å². The zero-order valence-electron chi connectivity index (χ0n) is 16.0. The first kappa shape index (κ1) is 19.9. The topological polar surface area (TPSA) is 75.3 Å². The lowest BCUT2D eigenvalue weighted by Gasteiger charge is -2.20. The van der Waals surface area contributed by atoms with Crippen LogP contribution in [0.1, 0.15) is 15.9 Å². The van der Waals surface area contributed by atoms with Crippen LogP contribution < -0.4 is 29.0 Å². The van der Waals surface area contributed by atoms with E-state index in [9.17, 15) is 4.79 Å². The Morgan fingerprint density at radius 1 is 1.04 bits per heavy atom. The highest BCUT2D eigenvalue weighted by molar-refractivity contribution is 6.32. The maximum Gasteiger partial charge on any atom is 0.251 e. The van der Waals surface area contributed by atoms with Crippen molar-refractivity contribution >= 4 is 17.5 Å². The highest BCUT2D eigenvalue weighted by Gasteiger charge is 2.18. The van der Waals surface area contributed by atoms with Gasteiger partial charge in [-0.3, -0.25) is 4.79 Å². The van der Waals surface area contributed by atoms with Gasteiger partial charge in [0.15, 0.2) is 23.0 Å². The lowest BCUT2D eigenvalue weighted by molar-refractivity contribution is 0.0953. The second-order valence-electron chi connectivity index (χ2n) is 6.02. The Kier molecular flexibility index (Phi) is 6.36. The van der Waals surface area contributed by atoms with Crippen LogP contribution in [0.15, 0.2) is 24.3 Å². The number of hydrogen-bond donors (Lipinski definition) is 1. The molecule has 0 saturated heterocycles. The lowest BCUT2D eigenvalue weighted by Crippen LogP contribution is -2.26. The Labute approximate surface area is 168 Å². The van der Waals surface area contributed by atoms with E-state index in [4.69, 9.17) is 35.3 Å². The van der Waals surface area contributed by atoms with Crippen LogP contribution >= 0.6 is 11.6 Å². The zero-order valence-corrected chi connectivity index (χ0v) is 16.7. The first-order valence-corrected chi connectivity index (χ1v) is 9.11. The Morgan fingerprint density at radius 2 is 1.71 bits per heavy atom. The fourth-order valence-corrected chi connectivity index (χ4v) is 3.23. The first-order chi connectivity index (χ1) is 13.6. The summed E-state index contributed by atoms with van der Waals surface area (Å²) in [6.45, 7) is 1.40. The van der Waals surface area contributed by atoms with E-state index in [2.05, 4.69) is 5.32 Å². The summed E-state index contributed by atoms with van der Waals surface area (Å²) in [7, 11) is 4.52. The number of benzene rings is 2. The van der Waals surface area contributed by atoms with Gasteiger partial charge in [0.2, 0.25) is 5.75 Å². The monoisotopic (exact) mass is 407 g/mol. The van der Waals surface area contributed by atoms with Crippen LogP contribution in [0, 0.1) is 0 Å². The molecule has 0 aromatic heterocycles. The van der Waals surface area contributed by atoms with Gasteiger partial charge < -0.3 is 29.0 Å². The van der Waals surface area contributed by atoms with Crippen LogP contribution in [0.5, 0.6) is 28.7 Å². The quantitative estimate of drug-likeness (QED) is 0.760. The van der Waals surface area contributed by atoms with Gasteiger partial charge in [0.05, 0.1) is 26.4 Å². The summed E-state index contributed by atoms with van der Waals surface area (Å²) >= 11 is 6.25. The molecule has 0 saturated carbocycles. The van der Waals surface area contributed by atoms with Crippen molar-refractivity contribution in [3.63, 3.8) is 0 Å². The highest BCUT2D eigenvalue weighted by Crippen LogP contribution is 2.39. The minimum atomic E-state index is -0.247. The molecule has 0 aliphatic carbocycles. The smallest absolute Gasteiger partial charge is 0.251 e. The summed E-state index contributed by atoms with van der Waals surface area (Å²) in [6, 6.07) is 6.92. The average molecular weight is 408 g/mol. The van der Waals surface area contributed by atoms with Crippen LogP contribution in [0.2, 0.25) is 5.02 Å². The maximum atomic E-state index is 12.5. The van der Waals surface area contributed by atoms with E-state index in [1.807, 2.05) is 12.1 Å². The Balaban J connectivity index is 1.67. The van der Waals surface area contributed by atoms with E-state index in [0.29, 0.717) is 65.5 Å². The second-order valence-corrected chi connectivity index (χ2v) is 6.43. The third-order valence-electron chi connectivity index (χ3n) is 4.28. The van der Waals surface area contributed by atoms with Crippen molar-refractivity contribution in [3.05, 3.63) is 40.4 Å². The van der Waals surface area contributed by atoms with Gasteiger partial charge >= 0.3 is 0 Å². The maximum absolute atomic E-state index is 12.5. The Bertz CT molecular complexity index is 845. The number of methoxy groups -OCH3 is 3. The number of carbonyl (C=O) groups excluding carboxylic acids is 1. The van der Waals surface area contributed by atoms with E-state index in [0.717, 1.165) is 5.56 Å². The van der Waals surface area contributed by atoms with Crippen molar-refractivity contribution in [1.29, 1.82) is 0 Å². The van der Waals surface area contributed by atoms with Gasteiger partial charge in [0.1, 0.15) is 13.2 Å². The van der Waals surface area contributed by atoms with E-state index in [-0.39, 0.29) is 5.91 Å². The number of rotatable bonds is 7. The summed E-state index contributed by atoms with van der Waals surface area (Å²) in [5, 5.41) is 3.38. The minimum Gasteiger partial charge on any atom is -0.493 e. The highest BCUT2D eigenvalue weighted by atomic mass is 35.5. The predicted octanol–water partition coefficient (Wildman–Crippen LogP) is 3.11. The molecule has 150 valence electrons. The average Bonchev–Trinajstić information content (AvgIpc) is 2.72. The molecule has 28 heavy (non-hydrogen) atoms. The fraction of sp³-hybridized carbons (Fsp3) is 0.350. The van der Waals surface area contributed by atoms with Crippen molar-refractivity contribution in [2.75, 3.05) is 41.1 Å². The summed E-state index contributed by atoms with van der Waals surface area (Å²) in [5.41, 5.74) is 1.36. The molecule has 2 aromatic rings. The van der Waals surface area contributed by atoms with Gasteiger partial charge in [0, 0.05) is 12.1 Å². The third-order valence-corrected chi connectivity index (χ3v) is 4.56. The summed E-state index contributed by atoms with van der Waals surface area (Å²) in [4.78, 5) is 12.5. The normalized spacial score (nSPS) is 12.3. The molecular weight excluding hydrogens is 386 g/mol. The van der Waals surface area contributed by atoms with Gasteiger partial charge in [-0.15, -0.1) is 0 Å². The summed E-state index contributed by atoms with van der Waals surface area (Å²) in [6.07, 6.45) is 0.590. The van der Waals surface area contributed by atoms with Gasteiger partial charge in [-0.05, 0) is 36.2 Å². The van der Waals surface area contributed by atoms with Crippen molar-refractivity contribution in [1.82, 2.24) is 5.32 Å². The first-order valence-electron chi connectivity index (χ1n) is 8.73. The number of carbonyl (C=O) groups is 1. The fourth-order valence-electron chi connectivity index (χ4n) is 2.94. The van der Waals surface area contributed by atoms with Crippen molar-refractivity contribution in [2.45, 2.75) is 6.42 Å². The van der Waals surface area contributed by atoms with Crippen molar-refractivity contribution in [2.24, 2.45) is 0 Å². The molecule has 1 N–H and O–H groups in total. The third kappa shape index (κ3) is 4.20. The minimum absolute atomic E-state index is 0.247. The molecule has 1 aliphatic heterocycles. The molecule has 0 radical (unpaired) electrons. The molecule has 1 amide bonds.